The van der Waals surface area contributed by atoms with Gasteiger partial charge in [0.1, 0.15) is 10.8 Å². The summed E-state index contributed by atoms with van der Waals surface area (Å²) >= 11 is 1.44. The van der Waals surface area contributed by atoms with E-state index in [1.807, 2.05) is 24.3 Å². The first-order valence-corrected chi connectivity index (χ1v) is 9.88. The van der Waals surface area contributed by atoms with Gasteiger partial charge in [0, 0.05) is 30.3 Å². The second-order valence-corrected chi connectivity index (χ2v) is 7.65. The molecule has 0 radical (unpaired) electrons. The Hall–Kier alpha value is -2.93. The predicted molar refractivity (Wildman–Crippen MR) is 106 cm³/mol. The highest BCUT2D eigenvalue weighted by Gasteiger charge is 2.16. The molecule has 0 N–H and O–H groups in total. The van der Waals surface area contributed by atoms with Gasteiger partial charge in [-0.2, -0.15) is 9.61 Å². The predicted octanol–water partition coefficient (Wildman–Crippen LogP) is 4.07. The third-order valence-electron chi connectivity index (χ3n) is 4.88. The van der Waals surface area contributed by atoms with Gasteiger partial charge in [-0.15, -0.1) is 0 Å². The van der Waals surface area contributed by atoms with Crippen molar-refractivity contribution in [3.8, 4) is 21.7 Å². The van der Waals surface area contributed by atoms with Crippen molar-refractivity contribution in [2.45, 2.75) is 19.3 Å². The molecule has 5 rings (SSSR count). The molecular weight excluding hydrogens is 360 g/mol. The number of benzene rings is 1. The fraction of sp³-hybridized carbons (Fsp3) is 0.250. The summed E-state index contributed by atoms with van der Waals surface area (Å²) in [5, 5.41) is 5.29. The highest BCUT2D eigenvalue weighted by molar-refractivity contribution is 7.19. The van der Waals surface area contributed by atoms with Crippen LogP contribution >= 0.6 is 11.3 Å². The van der Waals surface area contributed by atoms with Crippen molar-refractivity contribution in [3.63, 3.8) is 0 Å². The molecule has 0 bridgehead atoms. The molecule has 0 aliphatic carbocycles. The van der Waals surface area contributed by atoms with Crippen molar-refractivity contribution in [1.29, 1.82) is 0 Å². The number of nitrogens with zero attached hydrogens (tertiary/aromatic N) is 4. The van der Waals surface area contributed by atoms with E-state index in [2.05, 4.69) is 16.1 Å². The van der Waals surface area contributed by atoms with Crippen LogP contribution in [-0.2, 0) is 0 Å². The molecule has 7 heteroatoms. The second-order valence-electron chi connectivity index (χ2n) is 6.69. The molecule has 136 valence electrons. The highest BCUT2D eigenvalue weighted by atomic mass is 32.1. The zero-order valence-electron chi connectivity index (χ0n) is 14.7. The van der Waals surface area contributed by atoms with Crippen molar-refractivity contribution < 1.29 is 4.42 Å². The molecule has 1 aliphatic rings. The zero-order chi connectivity index (χ0) is 18.2. The van der Waals surface area contributed by atoms with E-state index in [1.165, 1.54) is 22.3 Å². The van der Waals surface area contributed by atoms with E-state index in [9.17, 15) is 4.79 Å². The lowest BCUT2D eigenvalue weighted by Crippen LogP contribution is -2.31. The first-order chi connectivity index (χ1) is 13.3. The van der Waals surface area contributed by atoms with E-state index in [0.717, 1.165) is 53.4 Å². The number of hydrogen-bond acceptors (Lipinski definition) is 6. The maximum absolute atomic E-state index is 12.6. The minimum atomic E-state index is -0.130. The normalized spacial score (nSPS) is 14.7. The van der Waals surface area contributed by atoms with E-state index in [4.69, 9.17) is 9.40 Å². The zero-order valence-corrected chi connectivity index (χ0v) is 15.5. The SMILES string of the molecule is O=c1cc(N2CCCCC2)nc2sc(-c3cccc(-c4ccoc4)c3)nn12. The minimum absolute atomic E-state index is 0.130. The Bertz CT molecular complexity index is 1140. The summed E-state index contributed by atoms with van der Waals surface area (Å²) in [6.07, 6.45) is 6.92. The van der Waals surface area contributed by atoms with Gasteiger partial charge < -0.3 is 9.32 Å². The molecule has 1 aliphatic heterocycles. The molecule has 6 nitrogen and oxygen atoms in total. The molecule has 0 amide bonds. The molecule has 1 saturated heterocycles. The van der Waals surface area contributed by atoms with E-state index < -0.39 is 0 Å². The highest BCUT2D eigenvalue weighted by Crippen LogP contribution is 2.29. The number of furan rings is 1. The van der Waals surface area contributed by atoms with E-state index in [1.54, 1.807) is 18.6 Å². The van der Waals surface area contributed by atoms with Crippen LogP contribution in [0, 0.1) is 0 Å². The summed E-state index contributed by atoms with van der Waals surface area (Å²) in [7, 11) is 0. The lowest BCUT2D eigenvalue weighted by Gasteiger charge is -2.27. The van der Waals surface area contributed by atoms with Gasteiger partial charge in [0.15, 0.2) is 0 Å². The Morgan fingerprint density at radius 1 is 1.00 bits per heavy atom. The molecule has 0 atom stereocenters. The summed E-state index contributed by atoms with van der Waals surface area (Å²) in [5.74, 6) is 0.766. The molecule has 4 aromatic rings. The number of piperidine rings is 1. The Kier molecular flexibility index (Phi) is 4.01. The van der Waals surface area contributed by atoms with Crippen LogP contribution in [0.15, 0.2) is 58.1 Å². The fourth-order valence-corrected chi connectivity index (χ4v) is 4.36. The molecule has 3 aromatic heterocycles. The number of fused-ring (bicyclic) bond motifs is 1. The average Bonchev–Trinajstić information content (AvgIpc) is 3.39. The summed E-state index contributed by atoms with van der Waals surface area (Å²) in [6.45, 7) is 1.92. The largest absolute Gasteiger partial charge is 0.472 e. The lowest BCUT2D eigenvalue weighted by atomic mass is 10.1. The van der Waals surface area contributed by atoms with Crippen molar-refractivity contribution in [2.75, 3.05) is 18.0 Å². The van der Waals surface area contributed by atoms with Crippen LogP contribution in [0.3, 0.4) is 0 Å². The first kappa shape index (κ1) is 16.3. The molecule has 1 fully saturated rings. The van der Waals surface area contributed by atoms with Crippen molar-refractivity contribution in [3.05, 3.63) is 59.3 Å². The minimum Gasteiger partial charge on any atom is -0.472 e. The quantitative estimate of drug-likeness (QED) is 0.538. The number of aromatic nitrogens is 3. The summed E-state index contributed by atoms with van der Waals surface area (Å²) in [4.78, 5) is 20.1. The Morgan fingerprint density at radius 2 is 1.85 bits per heavy atom. The topological polar surface area (TPSA) is 63.6 Å². The van der Waals surface area contributed by atoms with Gasteiger partial charge >= 0.3 is 0 Å². The van der Waals surface area contributed by atoms with Crippen molar-refractivity contribution in [1.82, 2.24) is 14.6 Å². The van der Waals surface area contributed by atoms with E-state index in [-0.39, 0.29) is 5.56 Å². The van der Waals surface area contributed by atoms with Gasteiger partial charge in [-0.25, -0.2) is 4.98 Å². The van der Waals surface area contributed by atoms with Gasteiger partial charge in [-0.1, -0.05) is 29.5 Å². The van der Waals surface area contributed by atoms with Crippen molar-refractivity contribution in [2.24, 2.45) is 0 Å². The van der Waals surface area contributed by atoms with Gasteiger partial charge in [-0.3, -0.25) is 4.79 Å². The monoisotopic (exact) mass is 378 g/mol. The van der Waals surface area contributed by atoms with Gasteiger partial charge in [-0.05, 0) is 37.0 Å². The molecular formula is C20H18N4O2S. The number of rotatable bonds is 3. The Morgan fingerprint density at radius 3 is 2.67 bits per heavy atom. The molecule has 0 spiro atoms. The Labute approximate surface area is 159 Å². The van der Waals surface area contributed by atoms with E-state index in [0.29, 0.717) is 4.96 Å². The van der Waals surface area contributed by atoms with Crippen LogP contribution in [0.4, 0.5) is 5.82 Å². The summed E-state index contributed by atoms with van der Waals surface area (Å²) in [5.41, 5.74) is 2.90. The van der Waals surface area contributed by atoms with Crippen LogP contribution in [0.5, 0.6) is 0 Å². The molecule has 1 aromatic carbocycles. The van der Waals surface area contributed by atoms with Crippen LogP contribution in [0.2, 0.25) is 0 Å². The van der Waals surface area contributed by atoms with Crippen LogP contribution < -0.4 is 10.5 Å². The third-order valence-corrected chi connectivity index (χ3v) is 5.83. The standard InChI is InChI=1S/C20H18N4O2S/c25-18-12-17(23-8-2-1-3-9-23)21-20-24(18)22-19(27-20)15-6-4-5-14(11-15)16-7-10-26-13-16/h4-7,10-13H,1-3,8-9H2. The maximum Gasteiger partial charge on any atom is 0.277 e. The number of hydrogen-bond donors (Lipinski definition) is 0. The lowest BCUT2D eigenvalue weighted by molar-refractivity contribution is 0.568. The summed E-state index contributed by atoms with van der Waals surface area (Å²) in [6, 6.07) is 11.6. The molecule has 0 unspecified atom stereocenters. The van der Waals surface area contributed by atoms with Crippen molar-refractivity contribution >= 4 is 22.1 Å². The maximum atomic E-state index is 12.6. The van der Waals surface area contributed by atoms with Crippen LogP contribution in [0.25, 0.3) is 26.7 Å². The van der Waals surface area contributed by atoms with Gasteiger partial charge in [0.25, 0.3) is 5.56 Å². The van der Waals surface area contributed by atoms with Gasteiger partial charge in [0.05, 0.1) is 12.5 Å². The molecule has 0 saturated carbocycles. The van der Waals surface area contributed by atoms with E-state index >= 15 is 0 Å². The molecule has 27 heavy (non-hydrogen) atoms. The van der Waals surface area contributed by atoms with Crippen LogP contribution in [0.1, 0.15) is 19.3 Å². The fourth-order valence-electron chi connectivity index (χ4n) is 3.46. The average molecular weight is 378 g/mol. The summed E-state index contributed by atoms with van der Waals surface area (Å²) < 4.78 is 6.58. The second kappa shape index (κ2) is 6.66. The third kappa shape index (κ3) is 3.04. The first-order valence-electron chi connectivity index (χ1n) is 9.07. The number of anilines is 1. The smallest absolute Gasteiger partial charge is 0.277 e. The molecule has 4 heterocycles. The van der Waals surface area contributed by atoms with Gasteiger partial charge in [0.2, 0.25) is 4.96 Å². The Balaban J connectivity index is 1.56. The van der Waals surface area contributed by atoms with Crippen LogP contribution in [-0.4, -0.2) is 27.7 Å².